The molecular weight excluding hydrogens is 284 g/mol. The maximum atomic E-state index is 13.1. The first kappa shape index (κ1) is 15.0. The van der Waals surface area contributed by atoms with E-state index in [1.54, 1.807) is 12.2 Å². The van der Waals surface area contributed by atoms with Gasteiger partial charge in [-0.1, -0.05) is 54.6 Å². The van der Waals surface area contributed by atoms with Gasteiger partial charge >= 0.3 is 0 Å². The van der Waals surface area contributed by atoms with Gasteiger partial charge in [0.05, 0.1) is 5.39 Å². The van der Waals surface area contributed by atoms with Gasteiger partial charge in [0.1, 0.15) is 11.3 Å². The summed E-state index contributed by atoms with van der Waals surface area (Å²) in [5, 5.41) is 0.643. The second-order valence-electron chi connectivity index (χ2n) is 5.38. The average Bonchev–Trinajstić information content (AvgIpc) is 2.58. The molecule has 0 fully saturated rings. The number of allylic oxidation sites excluding steroid dienone is 2. The predicted molar refractivity (Wildman–Crippen MR) is 95.7 cm³/mol. The van der Waals surface area contributed by atoms with Crippen molar-refractivity contribution in [2.45, 2.75) is 12.8 Å². The van der Waals surface area contributed by atoms with Crippen LogP contribution in [0.2, 0.25) is 0 Å². The fourth-order valence-corrected chi connectivity index (χ4v) is 2.82. The SMILES string of the molecule is C=CCc1c(-c2ccccc2)oc2cccc(CC=C)c2c1=O. The van der Waals surface area contributed by atoms with Crippen LogP contribution in [0.15, 0.2) is 83.1 Å². The van der Waals surface area contributed by atoms with Crippen LogP contribution < -0.4 is 5.43 Å². The Labute approximate surface area is 135 Å². The molecule has 1 heterocycles. The molecule has 0 unspecified atom stereocenters. The van der Waals surface area contributed by atoms with Gasteiger partial charge in [-0.25, -0.2) is 0 Å². The van der Waals surface area contributed by atoms with Crippen molar-refractivity contribution in [1.82, 2.24) is 0 Å². The first-order valence-corrected chi connectivity index (χ1v) is 7.61. The van der Waals surface area contributed by atoms with Crippen LogP contribution in [0.5, 0.6) is 0 Å². The third-order valence-electron chi connectivity index (χ3n) is 3.85. The number of benzene rings is 2. The number of hydrogen-bond donors (Lipinski definition) is 0. The summed E-state index contributed by atoms with van der Waals surface area (Å²) in [7, 11) is 0. The summed E-state index contributed by atoms with van der Waals surface area (Å²) in [5.74, 6) is 0.624. The molecule has 2 heteroatoms. The lowest BCUT2D eigenvalue weighted by Crippen LogP contribution is -2.12. The molecule has 0 atom stereocenters. The van der Waals surface area contributed by atoms with Crippen LogP contribution in [0, 0.1) is 0 Å². The van der Waals surface area contributed by atoms with E-state index in [2.05, 4.69) is 13.2 Å². The van der Waals surface area contributed by atoms with Crippen LogP contribution in [0.1, 0.15) is 11.1 Å². The monoisotopic (exact) mass is 302 g/mol. The Bertz CT molecular complexity index is 918. The molecule has 0 saturated carbocycles. The minimum atomic E-state index is 0.0162. The smallest absolute Gasteiger partial charge is 0.197 e. The van der Waals surface area contributed by atoms with Gasteiger partial charge in [-0.2, -0.15) is 0 Å². The molecule has 2 nitrogen and oxygen atoms in total. The lowest BCUT2D eigenvalue weighted by Gasteiger charge is -2.11. The topological polar surface area (TPSA) is 30.2 Å². The summed E-state index contributed by atoms with van der Waals surface area (Å²) in [6.07, 6.45) is 4.65. The fraction of sp³-hybridized carbons (Fsp3) is 0.0952. The molecule has 0 bridgehead atoms. The first-order chi connectivity index (χ1) is 11.3. The quantitative estimate of drug-likeness (QED) is 0.626. The summed E-state index contributed by atoms with van der Waals surface area (Å²) in [6.45, 7) is 7.54. The van der Waals surface area contributed by atoms with E-state index in [-0.39, 0.29) is 5.43 Å². The van der Waals surface area contributed by atoms with Crippen LogP contribution in [0.4, 0.5) is 0 Å². The molecule has 0 saturated heterocycles. The van der Waals surface area contributed by atoms with Crippen molar-refractivity contribution in [3.05, 3.63) is 95.2 Å². The Morgan fingerprint density at radius 1 is 0.913 bits per heavy atom. The van der Waals surface area contributed by atoms with Crippen molar-refractivity contribution >= 4 is 11.0 Å². The minimum absolute atomic E-state index is 0.0162. The second kappa shape index (κ2) is 6.49. The van der Waals surface area contributed by atoms with E-state index in [9.17, 15) is 4.79 Å². The van der Waals surface area contributed by atoms with Crippen molar-refractivity contribution < 1.29 is 4.42 Å². The highest BCUT2D eigenvalue weighted by atomic mass is 16.3. The normalized spacial score (nSPS) is 10.6. The van der Waals surface area contributed by atoms with E-state index in [0.717, 1.165) is 11.1 Å². The molecule has 114 valence electrons. The zero-order valence-corrected chi connectivity index (χ0v) is 12.9. The molecule has 0 aliphatic heterocycles. The molecule has 0 aliphatic carbocycles. The molecular formula is C21H18O2. The van der Waals surface area contributed by atoms with E-state index < -0.39 is 0 Å². The maximum Gasteiger partial charge on any atom is 0.197 e. The first-order valence-electron chi connectivity index (χ1n) is 7.61. The second-order valence-corrected chi connectivity index (χ2v) is 5.38. The summed E-state index contributed by atoms with van der Waals surface area (Å²) >= 11 is 0. The molecule has 3 aromatic rings. The average molecular weight is 302 g/mol. The van der Waals surface area contributed by atoms with Gasteiger partial charge < -0.3 is 4.42 Å². The van der Waals surface area contributed by atoms with Gasteiger partial charge in [-0.3, -0.25) is 4.79 Å². The van der Waals surface area contributed by atoms with Crippen LogP contribution >= 0.6 is 0 Å². The number of rotatable bonds is 5. The Morgan fingerprint density at radius 3 is 2.35 bits per heavy atom. The van der Waals surface area contributed by atoms with Crippen molar-refractivity contribution in [2.75, 3.05) is 0 Å². The van der Waals surface area contributed by atoms with Crippen molar-refractivity contribution in [3.8, 4) is 11.3 Å². The number of fused-ring (bicyclic) bond motifs is 1. The van der Waals surface area contributed by atoms with Crippen molar-refractivity contribution in [2.24, 2.45) is 0 Å². The Kier molecular flexibility index (Phi) is 4.24. The van der Waals surface area contributed by atoms with Gasteiger partial charge in [0.2, 0.25) is 0 Å². The Hall–Kier alpha value is -2.87. The lowest BCUT2D eigenvalue weighted by atomic mass is 9.99. The standard InChI is InChI=1S/C21H18O2/c1-3-9-15-13-8-14-18-19(15)20(22)17(10-4-2)21(23-18)16-11-6-5-7-12-16/h3-8,11-14H,1-2,9-10H2. The third-order valence-corrected chi connectivity index (χ3v) is 3.85. The van der Waals surface area contributed by atoms with Crippen LogP contribution in [-0.4, -0.2) is 0 Å². The van der Waals surface area contributed by atoms with Crippen LogP contribution in [-0.2, 0) is 12.8 Å². The maximum absolute atomic E-state index is 13.1. The number of hydrogen-bond acceptors (Lipinski definition) is 2. The summed E-state index contributed by atoms with van der Waals surface area (Å²) < 4.78 is 6.12. The lowest BCUT2D eigenvalue weighted by molar-refractivity contribution is 0.612. The highest BCUT2D eigenvalue weighted by Crippen LogP contribution is 2.27. The molecule has 0 radical (unpaired) electrons. The van der Waals surface area contributed by atoms with Crippen LogP contribution in [0.25, 0.3) is 22.3 Å². The summed E-state index contributed by atoms with van der Waals surface area (Å²) in [6, 6.07) is 15.4. The zero-order valence-electron chi connectivity index (χ0n) is 12.9. The molecule has 0 aliphatic rings. The van der Waals surface area contributed by atoms with E-state index >= 15 is 0 Å². The van der Waals surface area contributed by atoms with Gasteiger partial charge in [0.25, 0.3) is 0 Å². The zero-order chi connectivity index (χ0) is 16.2. The molecule has 2 aromatic carbocycles. The molecule has 23 heavy (non-hydrogen) atoms. The molecule has 1 aromatic heterocycles. The third kappa shape index (κ3) is 2.76. The molecule has 0 spiro atoms. The van der Waals surface area contributed by atoms with Gasteiger partial charge in [-0.05, 0) is 24.5 Å². The highest BCUT2D eigenvalue weighted by Gasteiger charge is 2.16. The van der Waals surface area contributed by atoms with Gasteiger partial charge in [0.15, 0.2) is 5.43 Å². The molecule has 0 N–H and O–H groups in total. The van der Waals surface area contributed by atoms with Gasteiger partial charge in [-0.15, -0.1) is 13.2 Å². The largest absolute Gasteiger partial charge is 0.456 e. The predicted octanol–water partition coefficient (Wildman–Crippen LogP) is 4.92. The highest BCUT2D eigenvalue weighted by molar-refractivity contribution is 5.84. The van der Waals surface area contributed by atoms with E-state index in [1.165, 1.54) is 0 Å². The molecule has 0 amide bonds. The van der Waals surface area contributed by atoms with Crippen LogP contribution in [0.3, 0.4) is 0 Å². The van der Waals surface area contributed by atoms with E-state index in [0.29, 0.717) is 35.1 Å². The summed E-state index contributed by atoms with van der Waals surface area (Å²) in [5.41, 5.74) is 3.12. The Balaban J connectivity index is 2.38. The van der Waals surface area contributed by atoms with Crippen molar-refractivity contribution in [3.63, 3.8) is 0 Å². The van der Waals surface area contributed by atoms with E-state index in [4.69, 9.17) is 4.42 Å². The van der Waals surface area contributed by atoms with Gasteiger partial charge in [0, 0.05) is 11.1 Å². The Morgan fingerprint density at radius 2 is 1.65 bits per heavy atom. The molecule has 3 rings (SSSR count). The van der Waals surface area contributed by atoms with Crippen molar-refractivity contribution in [1.29, 1.82) is 0 Å². The minimum Gasteiger partial charge on any atom is -0.456 e. The fourth-order valence-electron chi connectivity index (χ4n) is 2.82. The summed E-state index contributed by atoms with van der Waals surface area (Å²) in [4.78, 5) is 13.1. The van der Waals surface area contributed by atoms with E-state index in [1.807, 2.05) is 48.5 Å².